The molecular weight excluding hydrogens is 176 g/mol. The number of rotatable bonds is 1. The van der Waals surface area contributed by atoms with E-state index in [4.69, 9.17) is 5.73 Å². The van der Waals surface area contributed by atoms with E-state index in [0.29, 0.717) is 0 Å². The summed E-state index contributed by atoms with van der Waals surface area (Å²) < 4.78 is 0.834. The van der Waals surface area contributed by atoms with Crippen molar-refractivity contribution in [1.82, 2.24) is 19.6 Å². The smallest absolute Gasteiger partial charge is 0.280 e. The number of nitrogens with zero attached hydrogens (tertiary/aromatic N) is 4. The second-order valence-corrected chi connectivity index (χ2v) is 2.29. The first-order chi connectivity index (χ1) is 6.22. The minimum atomic E-state index is -0.495. The summed E-state index contributed by atoms with van der Waals surface area (Å²) in [4.78, 5) is 30.9. The first kappa shape index (κ1) is 7.40. The molecule has 0 saturated heterocycles. The van der Waals surface area contributed by atoms with Crippen LogP contribution in [0.5, 0.6) is 0 Å². The molecule has 0 saturated carbocycles. The minimum Gasteiger partial charge on any atom is -0.369 e. The van der Waals surface area contributed by atoms with Crippen molar-refractivity contribution in [3.63, 3.8) is 0 Å². The van der Waals surface area contributed by atoms with Crippen LogP contribution in [0.4, 0.5) is 5.95 Å². The maximum atomic E-state index is 11.1. The summed E-state index contributed by atoms with van der Waals surface area (Å²) in [5.74, 6) is -0.0806. The standard InChI is InChI=1S/C5H4N6O2/c6-5-8-3-2(4(12)9-5)7-1-11(3)10-13/h1H,(H3,6,8,9,12). The Labute approximate surface area is 70.4 Å². The zero-order chi connectivity index (χ0) is 9.42. The first-order valence-corrected chi connectivity index (χ1v) is 3.29. The molecule has 0 aliphatic rings. The van der Waals surface area contributed by atoms with Crippen LogP contribution in [-0.2, 0) is 0 Å². The number of aromatic nitrogens is 4. The number of fused-ring (bicyclic) bond motifs is 1. The third-order valence-corrected chi connectivity index (χ3v) is 1.50. The lowest BCUT2D eigenvalue weighted by Crippen LogP contribution is -2.11. The molecule has 0 aliphatic heterocycles. The van der Waals surface area contributed by atoms with Crippen LogP contribution in [0.1, 0.15) is 0 Å². The van der Waals surface area contributed by atoms with Gasteiger partial charge < -0.3 is 5.73 Å². The van der Waals surface area contributed by atoms with Crippen LogP contribution in [0.3, 0.4) is 0 Å². The molecule has 0 radical (unpaired) electrons. The van der Waals surface area contributed by atoms with Gasteiger partial charge in [0.05, 0.1) is 5.29 Å². The fourth-order valence-electron chi connectivity index (χ4n) is 0.975. The normalized spacial score (nSPS) is 10.5. The molecule has 2 heterocycles. The second-order valence-electron chi connectivity index (χ2n) is 2.29. The van der Waals surface area contributed by atoms with Gasteiger partial charge in [-0.3, -0.25) is 9.78 Å². The Kier molecular flexibility index (Phi) is 1.35. The maximum Gasteiger partial charge on any atom is 0.280 e. The summed E-state index contributed by atoms with van der Waals surface area (Å²) in [7, 11) is 0. The molecule has 13 heavy (non-hydrogen) atoms. The summed E-state index contributed by atoms with van der Waals surface area (Å²) in [6.07, 6.45) is 1.10. The molecule has 2 aromatic heterocycles. The van der Waals surface area contributed by atoms with Gasteiger partial charge in [-0.05, 0) is 0 Å². The fraction of sp³-hybridized carbons (Fsp3) is 0. The minimum absolute atomic E-state index is 0.0359. The van der Waals surface area contributed by atoms with E-state index in [-0.39, 0.29) is 17.1 Å². The van der Waals surface area contributed by atoms with E-state index in [2.05, 4.69) is 20.2 Å². The number of nitrogens with one attached hydrogen (secondary N) is 1. The van der Waals surface area contributed by atoms with Gasteiger partial charge in [-0.25, -0.2) is 4.98 Å². The van der Waals surface area contributed by atoms with E-state index in [0.717, 1.165) is 11.0 Å². The number of hydrogen-bond donors (Lipinski definition) is 2. The van der Waals surface area contributed by atoms with E-state index in [1.165, 1.54) is 0 Å². The molecule has 0 fully saturated rings. The van der Waals surface area contributed by atoms with Gasteiger partial charge in [0.2, 0.25) is 5.95 Å². The quantitative estimate of drug-likeness (QED) is 0.558. The fourth-order valence-corrected chi connectivity index (χ4v) is 0.975. The van der Waals surface area contributed by atoms with E-state index in [1.54, 1.807) is 0 Å². The SMILES string of the molecule is Nc1nc2c(ncn2N=O)c(=O)[nH]1. The van der Waals surface area contributed by atoms with Gasteiger partial charge in [-0.15, -0.1) is 4.91 Å². The molecule has 0 atom stereocenters. The van der Waals surface area contributed by atoms with Crippen LogP contribution in [0.25, 0.3) is 11.2 Å². The third kappa shape index (κ3) is 0.956. The Morgan fingerprint density at radius 2 is 2.38 bits per heavy atom. The largest absolute Gasteiger partial charge is 0.369 e. The predicted octanol–water partition coefficient (Wildman–Crippen LogP) is -0.769. The van der Waals surface area contributed by atoms with Crippen LogP contribution in [0, 0.1) is 4.91 Å². The van der Waals surface area contributed by atoms with Gasteiger partial charge in [-0.2, -0.15) is 9.66 Å². The van der Waals surface area contributed by atoms with Crippen molar-refractivity contribution < 1.29 is 0 Å². The number of nitroso groups, excluding NO2 is 1. The number of imidazole rings is 1. The molecule has 0 spiro atoms. The van der Waals surface area contributed by atoms with E-state index in [1.807, 2.05) is 0 Å². The topological polar surface area (TPSA) is 119 Å². The van der Waals surface area contributed by atoms with E-state index < -0.39 is 5.56 Å². The monoisotopic (exact) mass is 180 g/mol. The van der Waals surface area contributed by atoms with Crippen molar-refractivity contribution in [2.24, 2.45) is 5.29 Å². The Bertz CT molecular complexity index is 525. The highest BCUT2D eigenvalue weighted by Gasteiger charge is 2.08. The van der Waals surface area contributed by atoms with Crippen molar-refractivity contribution in [3.8, 4) is 0 Å². The highest BCUT2D eigenvalue weighted by molar-refractivity contribution is 5.70. The summed E-state index contributed by atoms with van der Waals surface area (Å²) >= 11 is 0. The summed E-state index contributed by atoms with van der Waals surface area (Å²) in [6, 6.07) is 0. The van der Waals surface area contributed by atoms with Gasteiger partial charge in [-0.1, -0.05) is 0 Å². The lowest BCUT2D eigenvalue weighted by Gasteiger charge is -1.91. The maximum absolute atomic E-state index is 11.1. The van der Waals surface area contributed by atoms with Crippen LogP contribution in [-0.4, -0.2) is 19.6 Å². The molecule has 8 nitrogen and oxygen atoms in total. The second kappa shape index (κ2) is 2.37. The Balaban J connectivity index is 2.98. The van der Waals surface area contributed by atoms with Crippen LogP contribution >= 0.6 is 0 Å². The summed E-state index contributed by atoms with van der Waals surface area (Å²) in [5, 5.41) is 2.57. The molecule has 0 aromatic carbocycles. The van der Waals surface area contributed by atoms with Crippen LogP contribution in [0.15, 0.2) is 16.4 Å². The molecule has 0 aliphatic carbocycles. The van der Waals surface area contributed by atoms with Crippen molar-refractivity contribution in [3.05, 3.63) is 21.6 Å². The van der Waals surface area contributed by atoms with Gasteiger partial charge in [0.25, 0.3) is 5.56 Å². The molecule has 2 aromatic rings. The van der Waals surface area contributed by atoms with E-state index in [9.17, 15) is 9.70 Å². The number of nitrogens with two attached hydrogens (primary N) is 1. The van der Waals surface area contributed by atoms with Crippen molar-refractivity contribution >= 4 is 17.1 Å². The van der Waals surface area contributed by atoms with Crippen molar-refractivity contribution in [2.75, 3.05) is 5.73 Å². The number of anilines is 1. The van der Waals surface area contributed by atoms with Gasteiger partial charge in [0, 0.05) is 0 Å². The Hall–Kier alpha value is -2.25. The van der Waals surface area contributed by atoms with E-state index >= 15 is 0 Å². The van der Waals surface area contributed by atoms with Crippen LogP contribution in [0.2, 0.25) is 0 Å². The van der Waals surface area contributed by atoms with Crippen LogP contribution < -0.4 is 11.3 Å². The molecule has 3 N–H and O–H groups in total. The molecule has 66 valence electrons. The Morgan fingerprint density at radius 1 is 1.62 bits per heavy atom. The highest BCUT2D eigenvalue weighted by Crippen LogP contribution is 2.04. The van der Waals surface area contributed by atoms with Gasteiger partial charge in [0.15, 0.2) is 11.2 Å². The van der Waals surface area contributed by atoms with Gasteiger partial charge in [0.1, 0.15) is 6.33 Å². The first-order valence-electron chi connectivity index (χ1n) is 3.29. The number of hydrogen-bond acceptors (Lipinski definition) is 6. The summed E-state index contributed by atoms with van der Waals surface area (Å²) in [5.41, 5.74) is 4.85. The third-order valence-electron chi connectivity index (χ3n) is 1.50. The number of nitrogen functional groups attached to an aromatic ring is 1. The zero-order valence-corrected chi connectivity index (χ0v) is 6.26. The van der Waals surface area contributed by atoms with Crippen molar-refractivity contribution in [2.45, 2.75) is 0 Å². The molecule has 0 amide bonds. The molecule has 0 bridgehead atoms. The lowest BCUT2D eigenvalue weighted by molar-refractivity contribution is 0.881. The molecule has 0 unspecified atom stereocenters. The summed E-state index contributed by atoms with van der Waals surface area (Å²) in [6.45, 7) is 0. The number of H-pyrrole nitrogens is 1. The highest BCUT2D eigenvalue weighted by atomic mass is 16.3. The average Bonchev–Trinajstić information content (AvgIpc) is 2.47. The molecular formula is C5H4N6O2. The predicted molar refractivity (Wildman–Crippen MR) is 43.8 cm³/mol. The average molecular weight is 180 g/mol. The number of aromatic amines is 1. The molecule has 8 heteroatoms. The Morgan fingerprint density at radius 3 is 3.08 bits per heavy atom. The lowest BCUT2D eigenvalue weighted by atomic mass is 10.5. The van der Waals surface area contributed by atoms with Crippen molar-refractivity contribution in [1.29, 1.82) is 0 Å². The zero-order valence-electron chi connectivity index (χ0n) is 6.26. The van der Waals surface area contributed by atoms with Gasteiger partial charge >= 0.3 is 0 Å². The molecule has 2 rings (SSSR count).